The number of nitrogens with zero attached hydrogens (tertiary/aromatic N) is 1. The van der Waals surface area contributed by atoms with Crippen molar-refractivity contribution in [2.24, 2.45) is 0 Å². The molecule has 1 heterocycles. The van der Waals surface area contributed by atoms with Crippen LogP contribution in [0.1, 0.15) is 18.9 Å². The van der Waals surface area contributed by atoms with Gasteiger partial charge in [-0.15, -0.1) is 0 Å². The molecule has 1 aliphatic heterocycles. The van der Waals surface area contributed by atoms with E-state index in [1.54, 1.807) is 0 Å². The highest BCUT2D eigenvalue weighted by molar-refractivity contribution is 6.30. The monoisotopic (exact) mass is 268 g/mol. The summed E-state index contributed by atoms with van der Waals surface area (Å²) in [5, 5.41) is 4.00. The van der Waals surface area contributed by atoms with Crippen molar-refractivity contribution in [2.45, 2.75) is 26.0 Å². The molecule has 1 atom stereocenters. The van der Waals surface area contributed by atoms with Crippen molar-refractivity contribution in [1.29, 1.82) is 0 Å². The quantitative estimate of drug-likeness (QED) is 0.912. The minimum absolute atomic E-state index is 0.283. The van der Waals surface area contributed by atoms with Gasteiger partial charge in [-0.3, -0.25) is 0 Å². The van der Waals surface area contributed by atoms with E-state index in [0.717, 1.165) is 37.7 Å². The van der Waals surface area contributed by atoms with Crippen LogP contribution in [0.25, 0.3) is 0 Å². The smallest absolute Gasteiger partial charge is 0.0721 e. The van der Waals surface area contributed by atoms with Crippen LogP contribution in [0.4, 0.5) is 5.69 Å². The summed E-state index contributed by atoms with van der Waals surface area (Å²) in [5.41, 5.74) is 2.52. The van der Waals surface area contributed by atoms with Gasteiger partial charge in [-0.1, -0.05) is 11.6 Å². The van der Waals surface area contributed by atoms with E-state index in [1.807, 2.05) is 19.2 Å². The van der Waals surface area contributed by atoms with Gasteiger partial charge in [0.2, 0.25) is 0 Å². The average Bonchev–Trinajstić information content (AvgIpc) is 2.54. The minimum atomic E-state index is 0.283. The summed E-state index contributed by atoms with van der Waals surface area (Å²) in [7, 11) is 1.96. The Hall–Kier alpha value is -0.770. The number of benzene rings is 1. The highest BCUT2D eigenvalue weighted by Gasteiger charge is 2.17. The Morgan fingerprint density at radius 3 is 3.11 bits per heavy atom. The predicted molar refractivity (Wildman–Crippen MR) is 76.5 cm³/mol. The molecule has 3 nitrogen and oxygen atoms in total. The number of halogens is 1. The number of anilines is 1. The first-order valence-corrected chi connectivity index (χ1v) is 6.88. The van der Waals surface area contributed by atoms with Crippen LogP contribution in [0, 0.1) is 0 Å². The van der Waals surface area contributed by atoms with Crippen molar-refractivity contribution in [2.75, 3.05) is 31.6 Å². The van der Waals surface area contributed by atoms with Gasteiger partial charge in [0, 0.05) is 37.0 Å². The molecule has 0 aromatic heterocycles. The van der Waals surface area contributed by atoms with Crippen LogP contribution in [-0.4, -0.2) is 32.8 Å². The molecule has 0 amide bonds. The zero-order valence-corrected chi connectivity index (χ0v) is 11.8. The fraction of sp³-hybridized carbons (Fsp3) is 0.571. The van der Waals surface area contributed by atoms with Gasteiger partial charge in [0.15, 0.2) is 0 Å². The maximum Gasteiger partial charge on any atom is 0.0721 e. The lowest BCUT2D eigenvalue weighted by Gasteiger charge is -2.27. The van der Waals surface area contributed by atoms with E-state index in [9.17, 15) is 0 Å². The van der Waals surface area contributed by atoms with E-state index in [2.05, 4.69) is 23.2 Å². The number of hydrogen-bond acceptors (Lipinski definition) is 3. The van der Waals surface area contributed by atoms with Crippen LogP contribution in [0.5, 0.6) is 0 Å². The van der Waals surface area contributed by atoms with Crippen LogP contribution in [0.2, 0.25) is 5.02 Å². The Labute approximate surface area is 114 Å². The third-order valence-electron chi connectivity index (χ3n) is 3.20. The van der Waals surface area contributed by atoms with Gasteiger partial charge in [0.05, 0.1) is 6.10 Å². The zero-order valence-electron chi connectivity index (χ0n) is 11.1. The molecule has 0 aliphatic carbocycles. The molecule has 0 bridgehead atoms. The lowest BCUT2D eigenvalue weighted by atomic mass is 10.1. The maximum absolute atomic E-state index is 6.08. The molecule has 1 N–H and O–H groups in total. The summed E-state index contributed by atoms with van der Waals surface area (Å²) in [4.78, 5) is 2.40. The molecule has 1 aromatic rings. The van der Waals surface area contributed by atoms with Gasteiger partial charge < -0.3 is 15.0 Å². The Morgan fingerprint density at radius 1 is 1.50 bits per heavy atom. The molecule has 1 fully saturated rings. The number of ether oxygens (including phenoxy) is 1. The summed E-state index contributed by atoms with van der Waals surface area (Å²) >= 11 is 6.08. The highest BCUT2D eigenvalue weighted by Crippen LogP contribution is 2.26. The lowest BCUT2D eigenvalue weighted by molar-refractivity contribution is 0.0821. The van der Waals surface area contributed by atoms with Crippen molar-refractivity contribution in [1.82, 2.24) is 5.32 Å². The van der Waals surface area contributed by atoms with Gasteiger partial charge >= 0.3 is 0 Å². The third-order valence-corrected chi connectivity index (χ3v) is 3.44. The first-order chi connectivity index (χ1) is 8.70. The molecule has 4 heteroatoms. The SMILES string of the molecule is CNCc1cc(Cl)ccc1N1CCCOC(C)C1. The Balaban J connectivity index is 2.24. The highest BCUT2D eigenvalue weighted by atomic mass is 35.5. The van der Waals surface area contributed by atoms with E-state index >= 15 is 0 Å². The fourth-order valence-corrected chi connectivity index (χ4v) is 2.60. The van der Waals surface area contributed by atoms with Crippen molar-refractivity contribution in [3.8, 4) is 0 Å². The number of rotatable bonds is 3. The van der Waals surface area contributed by atoms with Crippen LogP contribution in [-0.2, 0) is 11.3 Å². The molecule has 1 aromatic carbocycles. The number of hydrogen-bond donors (Lipinski definition) is 1. The summed E-state index contributed by atoms with van der Waals surface area (Å²) in [6.07, 6.45) is 1.36. The molecule has 0 spiro atoms. The van der Waals surface area contributed by atoms with Gasteiger partial charge in [0.25, 0.3) is 0 Å². The molecule has 1 aliphatic rings. The van der Waals surface area contributed by atoms with Crippen molar-refractivity contribution in [3.63, 3.8) is 0 Å². The molecule has 1 unspecified atom stereocenters. The topological polar surface area (TPSA) is 24.5 Å². The Bertz CT molecular complexity index is 397. The molecular formula is C14H21ClN2O. The van der Waals surface area contributed by atoms with Crippen molar-refractivity contribution >= 4 is 17.3 Å². The molecular weight excluding hydrogens is 248 g/mol. The molecule has 0 saturated carbocycles. The number of nitrogens with one attached hydrogen (secondary N) is 1. The van der Waals surface area contributed by atoms with E-state index in [1.165, 1.54) is 11.3 Å². The van der Waals surface area contributed by atoms with E-state index in [-0.39, 0.29) is 6.10 Å². The van der Waals surface area contributed by atoms with E-state index in [0.29, 0.717) is 0 Å². The van der Waals surface area contributed by atoms with E-state index in [4.69, 9.17) is 16.3 Å². The van der Waals surface area contributed by atoms with Gasteiger partial charge in [-0.2, -0.15) is 0 Å². The largest absolute Gasteiger partial charge is 0.377 e. The van der Waals surface area contributed by atoms with Crippen LogP contribution in [0.3, 0.4) is 0 Å². The predicted octanol–water partition coefficient (Wildman–Crippen LogP) is 2.67. The van der Waals surface area contributed by atoms with Gasteiger partial charge in [-0.25, -0.2) is 0 Å². The first-order valence-electron chi connectivity index (χ1n) is 6.50. The molecule has 1 saturated heterocycles. The van der Waals surface area contributed by atoms with Crippen LogP contribution >= 0.6 is 11.6 Å². The van der Waals surface area contributed by atoms with Gasteiger partial charge in [0.1, 0.15) is 0 Å². The second-order valence-corrected chi connectivity index (χ2v) is 5.22. The summed E-state index contributed by atoms with van der Waals surface area (Å²) in [5.74, 6) is 0. The van der Waals surface area contributed by atoms with Crippen molar-refractivity contribution < 1.29 is 4.74 Å². The Kier molecular flexibility index (Phi) is 4.87. The maximum atomic E-state index is 6.08. The second-order valence-electron chi connectivity index (χ2n) is 4.78. The fourth-order valence-electron chi connectivity index (χ4n) is 2.41. The van der Waals surface area contributed by atoms with Crippen LogP contribution in [0.15, 0.2) is 18.2 Å². The zero-order chi connectivity index (χ0) is 13.0. The first kappa shape index (κ1) is 13.7. The summed E-state index contributed by atoms with van der Waals surface area (Å²) < 4.78 is 5.69. The van der Waals surface area contributed by atoms with Crippen LogP contribution < -0.4 is 10.2 Å². The van der Waals surface area contributed by atoms with E-state index < -0.39 is 0 Å². The molecule has 18 heavy (non-hydrogen) atoms. The standard InChI is InChI=1S/C14H21ClN2O/c1-11-10-17(6-3-7-18-11)14-5-4-13(15)8-12(14)9-16-2/h4-5,8,11,16H,3,6-7,9-10H2,1-2H3. The lowest BCUT2D eigenvalue weighted by Crippen LogP contribution is -2.31. The normalized spacial score (nSPS) is 20.8. The van der Waals surface area contributed by atoms with Gasteiger partial charge in [-0.05, 0) is 44.2 Å². The second kappa shape index (κ2) is 6.41. The molecule has 2 rings (SSSR count). The molecule has 0 radical (unpaired) electrons. The third kappa shape index (κ3) is 3.37. The van der Waals surface area contributed by atoms with Crippen molar-refractivity contribution in [3.05, 3.63) is 28.8 Å². The average molecular weight is 269 g/mol. The molecule has 100 valence electrons. The minimum Gasteiger partial charge on any atom is -0.377 e. The summed E-state index contributed by atoms with van der Waals surface area (Å²) in [6, 6.07) is 6.13. The summed E-state index contributed by atoms with van der Waals surface area (Å²) in [6.45, 7) is 5.81. The Morgan fingerprint density at radius 2 is 2.33 bits per heavy atom.